The van der Waals surface area contributed by atoms with Gasteiger partial charge in [-0.3, -0.25) is 4.79 Å². The molecule has 1 fully saturated rings. The van der Waals surface area contributed by atoms with Crippen LogP contribution in [-0.4, -0.2) is 39.1 Å². The highest BCUT2D eigenvalue weighted by molar-refractivity contribution is 7.98. The molecule has 1 amide bonds. The third kappa shape index (κ3) is 2.63. The number of aromatic nitrogens is 2. The average Bonchev–Trinajstić information content (AvgIpc) is 2.46. The van der Waals surface area contributed by atoms with Crippen LogP contribution in [0.3, 0.4) is 0 Å². The van der Waals surface area contributed by atoms with Crippen LogP contribution in [0.2, 0.25) is 0 Å². The molecule has 0 bridgehead atoms. The first kappa shape index (κ1) is 14.8. The van der Waals surface area contributed by atoms with Crippen molar-refractivity contribution in [1.82, 2.24) is 14.9 Å². The van der Waals surface area contributed by atoms with Crippen LogP contribution in [0.5, 0.6) is 0 Å². The van der Waals surface area contributed by atoms with Gasteiger partial charge < -0.3 is 4.90 Å². The molecular formula is C15H19N3OS. The van der Waals surface area contributed by atoms with Crippen LogP contribution in [-0.2, 0) is 0 Å². The summed E-state index contributed by atoms with van der Waals surface area (Å²) in [7, 11) is 0. The van der Waals surface area contributed by atoms with Crippen molar-refractivity contribution in [1.29, 1.82) is 0 Å². The first-order valence-electron chi connectivity index (χ1n) is 6.56. The second-order valence-electron chi connectivity index (χ2n) is 4.88. The van der Waals surface area contributed by atoms with E-state index in [1.54, 1.807) is 12.4 Å². The van der Waals surface area contributed by atoms with Gasteiger partial charge in [0.05, 0.1) is 11.1 Å². The summed E-state index contributed by atoms with van der Waals surface area (Å²) in [5.74, 6) is -0.00685. The lowest BCUT2D eigenvalue weighted by molar-refractivity contribution is -0.000112. The van der Waals surface area contributed by atoms with E-state index >= 15 is 0 Å². The van der Waals surface area contributed by atoms with E-state index in [1.807, 2.05) is 23.3 Å². The number of likely N-dealkylation sites (tertiary alicyclic amines) is 1. The lowest BCUT2D eigenvalue weighted by atomic mass is 9.78. The Morgan fingerprint density at radius 1 is 1.40 bits per heavy atom. The van der Waals surface area contributed by atoms with Crippen molar-refractivity contribution in [3.05, 3.63) is 43.3 Å². The first-order chi connectivity index (χ1) is 9.66. The Morgan fingerprint density at radius 3 is 2.40 bits per heavy atom. The molecule has 1 saturated heterocycles. The van der Waals surface area contributed by atoms with E-state index in [0.29, 0.717) is 10.7 Å². The number of thioether (sulfide) groups is 1. The van der Waals surface area contributed by atoms with Crippen LogP contribution >= 0.6 is 11.8 Å². The quantitative estimate of drug-likeness (QED) is 0.459. The fourth-order valence-corrected chi connectivity index (χ4v) is 2.91. The number of carbonyl (C=O) groups is 1. The zero-order chi connectivity index (χ0) is 14.6. The Balaban J connectivity index is 2.18. The fourth-order valence-electron chi connectivity index (χ4n) is 2.59. The van der Waals surface area contributed by atoms with Crippen LogP contribution in [0.25, 0.3) is 0 Å². The van der Waals surface area contributed by atoms with Crippen molar-refractivity contribution < 1.29 is 4.79 Å². The smallest absolute Gasteiger partial charge is 0.257 e. The van der Waals surface area contributed by atoms with E-state index in [2.05, 4.69) is 23.1 Å². The molecule has 1 aliphatic heterocycles. The van der Waals surface area contributed by atoms with Gasteiger partial charge in [0.25, 0.3) is 5.91 Å². The molecule has 0 N–H and O–H groups in total. The Hall–Kier alpha value is -1.62. The molecule has 0 unspecified atom stereocenters. The van der Waals surface area contributed by atoms with Crippen LogP contribution in [0, 0.1) is 0 Å². The number of hydrogen-bond acceptors (Lipinski definition) is 4. The van der Waals surface area contributed by atoms with Gasteiger partial charge in [0.2, 0.25) is 0 Å². The monoisotopic (exact) mass is 289 g/mol. The van der Waals surface area contributed by atoms with Gasteiger partial charge in [-0.25, -0.2) is 9.97 Å². The van der Waals surface area contributed by atoms with E-state index < -0.39 is 0 Å². The van der Waals surface area contributed by atoms with Crippen molar-refractivity contribution in [2.75, 3.05) is 12.8 Å². The van der Waals surface area contributed by atoms with Crippen molar-refractivity contribution in [3.8, 4) is 0 Å². The largest absolute Gasteiger partial charge is 0.332 e. The molecule has 1 aromatic rings. The highest BCUT2D eigenvalue weighted by atomic mass is 32.2. The number of carbonyl (C=O) groups excluding carboxylic acids is 1. The summed E-state index contributed by atoms with van der Waals surface area (Å²) in [6.07, 6.45) is 11.4. The molecular weight excluding hydrogens is 270 g/mol. The minimum atomic E-state index is -0.154. The molecule has 0 aromatic carbocycles. The molecule has 5 heteroatoms. The molecule has 0 radical (unpaired) electrons. The summed E-state index contributed by atoms with van der Waals surface area (Å²) >= 11 is 1.46. The maximum Gasteiger partial charge on any atom is 0.257 e. The van der Waals surface area contributed by atoms with Crippen molar-refractivity contribution in [2.24, 2.45) is 0 Å². The van der Waals surface area contributed by atoms with E-state index in [4.69, 9.17) is 0 Å². The molecule has 0 spiro atoms. The summed E-state index contributed by atoms with van der Waals surface area (Å²) < 4.78 is 0. The van der Waals surface area contributed by atoms with Gasteiger partial charge in [0.1, 0.15) is 0 Å². The molecule has 4 nitrogen and oxygen atoms in total. The normalized spacial score (nSPS) is 16.4. The van der Waals surface area contributed by atoms with E-state index in [-0.39, 0.29) is 11.4 Å². The van der Waals surface area contributed by atoms with Gasteiger partial charge >= 0.3 is 0 Å². The van der Waals surface area contributed by atoms with Gasteiger partial charge in [-0.2, -0.15) is 0 Å². The SMILES string of the molecule is C=CCC1(CC=C)CCN1C(=O)c1cnc(SC)nc1. The summed E-state index contributed by atoms with van der Waals surface area (Å²) in [6.45, 7) is 8.37. The molecule has 2 heterocycles. The number of hydrogen-bond donors (Lipinski definition) is 0. The van der Waals surface area contributed by atoms with E-state index in [1.165, 1.54) is 11.8 Å². The van der Waals surface area contributed by atoms with Gasteiger partial charge in [0, 0.05) is 18.9 Å². The third-order valence-electron chi connectivity index (χ3n) is 3.72. The lowest BCUT2D eigenvalue weighted by Crippen LogP contribution is -2.61. The Morgan fingerprint density at radius 2 is 2.00 bits per heavy atom. The van der Waals surface area contributed by atoms with Crippen LogP contribution in [0.15, 0.2) is 42.9 Å². The number of amides is 1. The molecule has 0 atom stereocenters. The second kappa shape index (κ2) is 6.22. The van der Waals surface area contributed by atoms with Crippen LogP contribution in [0.1, 0.15) is 29.6 Å². The lowest BCUT2D eigenvalue weighted by Gasteiger charge is -2.52. The van der Waals surface area contributed by atoms with Crippen LogP contribution in [0.4, 0.5) is 0 Å². The van der Waals surface area contributed by atoms with Crippen molar-refractivity contribution in [3.63, 3.8) is 0 Å². The summed E-state index contributed by atoms with van der Waals surface area (Å²) in [5.41, 5.74) is 0.388. The predicted octanol–water partition coefficient (Wildman–Crippen LogP) is 2.94. The molecule has 20 heavy (non-hydrogen) atoms. The Kier molecular flexibility index (Phi) is 4.60. The molecule has 0 aliphatic carbocycles. The van der Waals surface area contributed by atoms with Crippen molar-refractivity contribution in [2.45, 2.75) is 30.0 Å². The van der Waals surface area contributed by atoms with Gasteiger partial charge in [-0.05, 0) is 25.5 Å². The fraction of sp³-hybridized carbons (Fsp3) is 0.400. The minimum Gasteiger partial charge on any atom is -0.332 e. The Bertz CT molecular complexity index is 502. The first-order valence-corrected chi connectivity index (χ1v) is 7.79. The molecule has 1 aliphatic rings. The summed E-state index contributed by atoms with van der Waals surface area (Å²) in [4.78, 5) is 22.8. The van der Waals surface area contributed by atoms with E-state index in [0.717, 1.165) is 25.8 Å². The summed E-state index contributed by atoms with van der Waals surface area (Å²) in [5, 5.41) is 0.675. The van der Waals surface area contributed by atoms with Crippen LogP contribution < -0.4 is 0 Å². The second-order valence-corrected chi connectivity index (χ2v) is 5.65. The molecule has 106 valence electrons. The Labute approximate surface area is 124 Å². The topological polar surface area (TPSA) is 46.1 Å². The third-order valence-corrected chi connectivity index (χ3v) is 4.30. The highest BCUT2D eigenvalue weighted by Crippen LogP contribution is 2.38. The van der Waals surface area contributed by atoms with Crippen molar-refractivity contribution >= 4 is 17.7 Å². The van der Waals surface area contributed by atoms with E-state index in [9.17, 15) is 4.79 Å². The zero-order valence-corrected chi connectivity index (χ0v) is 12.5. The maximum atomic E-state index is 12.6. The zero-order valence-electron chi connectivity index (χ0n) is 11.7. The predicted molar refractivity (Wildman–Crippen MR) is 81.8 cm³/mol. The highest BCUT2D eigenvalue weighted by Gasteiger charge is 2.45. The summed E-state index contributed by atoms with van der Waals surface area (Å²) in [6, 6.07) is 0. The molecule has 2 rings (SSSR count). The minimum absolute atomic E-state index is 0.00685. The van der Waals surface area contributed by atoms with Gasteiger partial charge in [0.15, 0.2) is 5.16 Å². The van der Waals surface area contributed by atoms with Gasteiger partial charge in [-0.15, -0.1) is 13.2 Å². The number of rotatable bonds is 6. The number of nitrogens with zero attached hydrogens (tertiary/aromatic N) is 3. The molecule has 0 saturated carbocycles. The average molecular weight is 289 g/mol. The maximum absolute atomic E-state index is 12.6. The standard InChI is InChI=1S/C15H19N3OS/c1-4-6-15(7-5-2)8-9-18(15)13(19)12-10-16-14(20-3)17-11-12/h4-5,10-11H,1-2,6-9H2,3H3. The van der Waals surface area contributed by atoms with Gasteiger partial charge in [-0.1, -0.05) is 23.9 Å². The molecule has 1 aromatic heterocycles.